The Morgan fingerprint density at radius 2 is 2.18 bits per heavy atom. The highest BCUT2D eigenvalue weighted by Crippen LogP contribution is 2.29. The SMILES string of the molecule is Cc1ccc(Br)c2c1C=CC2. The Kier molecular flexibility index (Phi) is 1.61. The second kappa shape index (κ2) is 2.49. The van der Waals surface area contributed by atoms with E-state index in [4.69, 9.17) is 0 Å². The molecular formula is C10H9Br. The van der Waals surface area contributed by atoms with Crippen LogP contribution in [0.5, 0.6) is 0 Å². The van der Waals surface area contributed by atoms with Crippen LogP contribution in [0, 0.1) is 6.92 Å². The molecule has 1 heteroatoms. The van der Waals surface area contributed by atoms with E-state index >= 15 is 0 Å². The number of allylic oxidation sites excluding steroid dienone is 1. The maximum absolute atomic E-state index is 3.54. The summed E-state index contributed by atoms with van der Waals surface area (Å²) in [4.78, 5) is 0. The van der Waals surface area contributed by atoms with E-state index in [0.717, 1.165) is 6.42 Å². The fourth-order valence-electron chi connectivity index (χ4n) is 1.49. The molecule has 0 N–H and O–H groups in total. The van der Waals surface area contributed by atoms with Crippen LogP contribution < -0.4 is 0 Å². The van der Waals surface area contributed by atoms with Gasteiger partial charge in [-0.2, -0.15) is 0 Å². The van der Waals surface area contributed by atoms with Crippen molar-refractivity contribution in [3.8, 4) is 0 Å². The van der Waals surface area contributed by atoms with Crippen molar-refractivity contribution in [1.82, 2.24) is 0 Å². The van der Waals surface area contributed by atoms with Gasteiger partial charge in [0.1, 0.15) is 0 Å². The van der Waals surface area contributed by atoms with Crippen LogP contribution in [-0.4, -0.2) is 0 Å². The topological polar surface area (TPSA) is 0 Å². The quantitative estimate of drug-likeness (QED) is 0.614. The minimum absolute atomic E-state index is 1.08. The number of fused-ring (bicyclic) bond motifs is 1. The van der Waals surface area contributed by atoms with Crippen LogP contribution in [0.3, 0.4) is 0 Å². The molecule has 2 rings (SSSR count). The molecule has 0 fully saturated rings. The standard InChI is InChI=1S/C10H9Br/c1-7-5-6-10(11)9-4-2-3-8(7)9/h2-3,5-6H,4H2,1H3. The number of aryl methyl sites for hydroxylation is 1. The van der Waals surface area contributed by atoms with Crippen molar-refractivity contribution < 1.29 is 0 Å². The van der Waals surface area contributed by atoms with Gasteiger partial charge in [0.25, 0.3) is 0 Å². The Bertz CT molecular complexity index is 324. The van der Waals surface area contributed by atoms with Crippen LogP contribution in [0.15, 0.2) is 22.7 Å². The van der Waals surface area contributed by atoms with Crippen molar-refractivity contribution in [1.29, 1.82) is 0 Å². The Morgan fingerprint density at radius 3 is 2.91 bits per heavy atom. The summed E-state index contributed by atoms with van der Waals surface area (Å²) in [6.45, 7) is 2.15. The average molecular weight is 209 g/mol. The number of halogens is 1. The van der Waals surface area contributed by atoms with Gasteiger partial charge in [0.05, 0.1) is 0 Å². The third kappa shape index (κ3) is 1.04. The van der Waals surface area contributed by atoms with Gasteiger partial charge in [-0.25, -0.2) is 0 Å². The largest absolute Gasteiger partial charge is 0.0795 e. The summed E-state index contributed by atoms with van der Waals surface area (Å²) in [5, 5.41) is 0. The Morgan fingerprint density at radius 1 is 1.36 bits per heavy atom. The zero-order valence-electron chi connectivity index (χ0n) is 6.39. The van der Waals surface area contributed by atoms with Crippen LogP contribution >= 0.6 is 15.9 Å². The molecule has 11 heavy (non-hydrogen) atoms. The first-order valence-corrected chi connectivity index (χ1v) is 4.53. The zero-order valence-corrected chi connectivity index (χ0v) is 7.98. The maximum Gasteiger partial charge on any atom is 0.0216 e. The summed E-state index contributed by atoms with van der Waals surface area (Å²) in [6, 6.07) is 4.28. The third-order valence-corrected chi connectivity index (χ3v) is 2.87. The molecule has 56 valence electrons. The molecule has 1 aromatic rings. The molecule has 0 unspecified atom stereocenters. The summed E-state index contributed by atoms with van der Waals surface area (Å²) in [5.41, 5.74) is 4.21. The van der Waals surface area contributed by atoms with E-state index in [9.17, 15) is 0 Å². The van der Waals surface area contributed by atoms with Crippen LogP contribution in [0.2, 0.25) is 0 Å². The normalized spacial score (nSPS) is 13.6. The summed E-state index contributed by atoms with van der Waals surface area (Å²) in [5.74, 6) is 0. The summed E-state index contributed by atoms with van der Waals surface area (Å²) < 4.78 is 1.24. The molecule has 0 aliphatic heterocycles. The van der Waals surface area contributed by atoms with Crippen molar-refractivity contribution in [2.24, 2.45) is 0 Å². The van der Waals surface area contributed by atoms with Crippen LogP contribution in [0.1, 0.15) is 16.7 Å². The average Bonchev–Trinajstić information content (AvgIpc) is 2.45. The Labute approximate surface area is 75.1 Å². The molecule has 0 saturated carbocycles. The van der Waals surface area contributed by atoms with Gasteiger partial charge in [-0.15, -0.1) is 0 Å². The molecule has 0 atom stereocenters. The van der Waals surface area contributed by atoms with Gasteiger partial charge in [-0.1, -0.05) is 34.1 Å². The predicted octanol–water partition coefficient (Wildman–Crippen LogP) is 3.33. The number of hydrogen-bond donors (Lipinski definition) is 0. The monoisotopic (exact) mass is 208 g/mol. The van der Waals surface area contributed by atoms with Crippen molar-refractivity contribution >= 4 is 22.0 Å². The minimum atomic E-state index is 1.08. The summed E-state index contributed by atoms with van der Waals surface area (Å²) in [7, 11) is 0. The third-order valence-electron chi connectivity index (χ3n) is 2.12. The van der Waals surface area contributed by atoms with E-state index < -0.39 is 0 Å². The van der Waals surface area contributed by atoms with Gasteiger partial charge >= 0.3 is 0 Å². The first-order valence-electron chi connectivity index (χ1n) is 3.73. The summed E-state index contributed by atoms with van der Waals surface area (Å²) in [6.07, 6.45) is 5.50. The van der Waals surface area contributed by atoms with Gasteiger partial charge in [0.15, 0.2) is 0 Å². The van der Waals surface area contributed by atoms with Crippen molar-refractivity contribution in [2.75, 3.05) is 0 Å². The highest BCUT2D eigenvalue weighted by atomic mass is 79.9. The van der Waals surface area contributed by atoms with Gasteiger partial charge in [-0.3, -0.25) is 0 Å². The van der Waals surface area contributed by atoms with Crippen molar-refractivity contribution in [3.63, 3.8) is 0 Å². The Balaban J connectivity index is 2.71. The second-order valence-corrected chi connectivity index (χ2v) is 3.72. The Hall–Kier alpha value is -0.560. The van der Waals surface area contributed by atoms with E-state index in [1.165, 1.54) is 21.2 Å². The van der Waals surface area contributed by atoms with E-state index in [0.29, 0.717) is 0 Å². The lowest BCUT2D eigenvalue weighted by Crippen LogP contribution is -1.86. The van der Waals surface area contributed by atoms with Crippen molar-refractivity contribution in [3.05, 3.63) is 39.4 Å². The molecule has 0 heterocycles. The van der Waals surface area contributed by atoms with Gasteiger partial charge in [-0.05, 0) is 36.1 Å². The number of benzene rings is 1. The van der Waals surface area contributed by atoms with E-state index in [1.807, 2.05) is 0 Å². The molecule has 0 bridgehead atoms. The first kappa shape index (κ1) is 7.11. The maximum atomic E-state index is 3.54. The highest BCUT2D eigenvalue weighted by molar-refractivity contribution is 9.10. The van der Waals surface area contributed by atoms with Crippen LogP contribution in [0.4, 0.5) is 0 Å². The molecule has 0 saturated heterocycles. The fraction of sp³-hybridized carbons (Fsp3) is 0.200. The molecule has 0 nitrogen and oxygen atoms in total. The lowest BCUT2D eigenvalue weighted by atomic mass is 10.1. The van der Waals surface area contributed by atoms with E-state index in [-0.39, 0.29) is 0 Å². The smallest absolute Gasteiger partial charge is 0.0216 e. The molecule has 1 aromatic carbocycles. The highest BCUT2D eigenvalue weighted by Gasteiger charge is 2.09. The molecule has 1 aliphatic rings. The van der Waals surface area contributed by atoms with E-state index in [2.05, 4.69) is 47.1 Å². The lowest BCUT2D eigenvalue weighted by Gasteiger charge is -2.04. The van der Waals surface area contributed by atoms with Gasteiger partial charge < -0.3 is 0 Å². The predicted molar refractivity (Wildman–Crippen MR) is 51.6 cm³/mol. The lowest BCUT2D eigenvalue weighted by molar-refractivity contribution is 1.26. The number of hydrogen-bond acceptors (Lipinski definition) is 0. The number of rotatable bonds is 0. The zero-order chi connectivity index (χ0) is 7.84. The summed E-state index contributed by atoms with van der Waals surface area (Å²) >= 11 is 3.54. The second-order valence-electron chi connectivity index (χ2n) is 2.86. The molecule has 0 amide bonds. The van der Waals surface area contributed by atoms with Crippen LogP contribution in [0.25, 0.3) is 6.08 Å². The van der Waals surface area contributed by atoms with Crippen molar-refractivity contribution in [2.45, 2.75) is 13.3 Å². The minimum Gasteiger partial charge on any atom is -0.0795 e. The molecule has 0 aromatic heterocycles. The van der Waals surface area contributed by atoms with Gasteiger partial charge in [0, 0.05) is 4.47 Å². The molecule has 1 aliphatic carbocycles. The molecule has 0 radical (unpaired) electrons. The van der Waals surface area contributed by atoms with E-state index in [1.54, 1.807) is 0 Å². The van der Waals surface area contributed by atoms with Crippen LogP contribution in [-0.2, 0) is 6.42 Å². The molecular weight excluding hydrogens is 200 g/mol. The van der Waals surface area contributed by atoms with Gasteiger partial charge in [0.2, 0.25) is 0 Å². The fourth-order valence-corrected chi connectivity index (χ4v) is 2.00. The molecule has 0 spiro atoms. The first-order chi connectivity index (χ1) is 5.29.